The van der Waals surface area contributed by atoms with E-state index in [1.54, 1.807) is 24.3 Å². The standard InChI is InChI=1S/C12H14O2.C2H6/c1-3-5-12(14)11-7-4-6-10(8-11)9(2)13;1-2/h4,6-8H,3,5H2,1-2H3;1-2H3. The zero-order chi connectivity index (χ0) is 12.6. The number of rotatable bonds is 4. The Morgan fingerprint density at radius 3 is 2.19 bits per heavy atom. The fourth-order valence-corrected chi connectivity index (χ4v) is 1.28. The van der Waals surface area contributed by atoms with Gasteiger partial charge in [0, 0.05) is 17.5 Å². The summed E-state index contributed by atoms with van der Waals surface area (Å²) in [5.41, 5.74) is 1.24. The molecule has 0 aromatic heterocycles. The largest absolute Gasteiger partial charge is 0.295 e. The van der Waals surface area contributed by atoms with Gasteiger partial charge in [0.25, 0.3) is 0 Å². The number of benzene rings is 1. The van der Waals surface area contributed by atoms with Gasteiger partial charge in [0.2, 0.25) is 0 Å². The Kier molecular flexibility index (Phi) is 7.10. The van der Waals surface area contributed by atoms with Crippen LogP contribution < -0.4 is 0 Å². The van der Waals surface area contributed by atoms with E-state index in [1.807, 2.05) is 20.8 Å². The topological polar surface area (TPSA) is 34.1 Å². The third-order valence-electron chi connectivity index (χ3n) is 2.07. The van der Waals surface area contributed by atoms with Crippen molar-refractivity contribution in [1.29, 1.82) is 0 Å². The second-order valence-corrected chi connectivity index (χ2v) is 3.31. The minimum absolute atomic E-state index is 0.00357. The van der Waals surface area contributed by atoms with Crippen molar-refractivity contribution in [2.45, 2.75) is 40.5 Å². The second kappa shape index (κ2) is 7.80. The van der Waals surface area contributed by atoms with Gasteiger partial charge < -0.3 is 0 Å². The molecule has 0 saturated heterocycles. The number of carbonyl (C=O) groups excluding carboxylic acids is 2. The number of carbonyl (C=O) groups is 2. The van der Waals surface area contributed by atoms with E-state index < -0.39 is 0 Å². The SMILES string of the molecule is CC.CCCC(=O)c1cccc(C(C)=O)c1. The molecule has 0 atom stereocenters. The lowest BCUT2D eigenvalue weighted by molar-refractivity contribution is 0.0981. The van der Waals surface area contributed by atoms with Crippen LogP contribution in [0.2, 0.25) is 0 Å². The van der Waals surface area contributed by atoms with Crippen LogP contribution in [0, 0.1) is 0 Å². The zero-order valence-electron chi connectivity index (χ0n) is 10.5. The normalized spacial score (nSPS) is 9.00. The van der Waals surface area contributed by atoms with Crippen LogP contribution in [-0.4, -0.2) is 11.6 Å². The van der Waals surface area contributed by atoms with Gasteiger partial charge in [0.15, 0.2) is 11.6 Å². The Bertz CT molecular complexity index is 354. The molecule has 1 rings (SSSR count). The fraction of sp³-hybridized carbons (Fsp3) is 0.429. The Labute approximate surface area is 97.7 Å². The van der Waals surface area contributed by atoms with Crippen molar-refractivity contribution in [2.24, 2.45) is 0 Å². The molecule has 0 saturated carbocycles. The molecule has 1 aromatic carbocycles. The highest BCUT2D eigenvalue weighted by Crippen LogP contribution is 2.09. The molecule has 0 radical (unpaired) electrons. The molecule has 0 heterocycles. The lowest BCUT2D eigenvalue weighted by atomic mass is 10.0. The van der Waals surface area contributed by atoms with Crippen LogP contribution in [0.5, 0.6) is 0 Å². The summed E-state index contributed by atoms with van der Waals surface area (Å²) in [5, 5.41) is 0. The Morgan fingerprint density at radius 1 is 1.12 bits per heavy atom. The minimum Gasteiger partial charge on any atom is -0.295 e. The maximum Gasteiger partial charge on any atom is 0.162 e. The van der Waals surface area contributed by atoms with Gasteiger partial charge >= 0.3 is 0 Å². The highest BCUT2D eigenvalue weighted by molar-refractivity contribution is 6.00. The average molecular weight is 220 g/mol. The van der Waals surface area contributed by atoms with E-state index >= 15 is 0 Å². The van der Waals surface area contributed by atoms with Crippen molar-refractivity contribution in [3.8, 4) is 0 Å². The molecular formula is C14H20O2. The van der Waals surface area contributed by atoms with E-state index in [1.165, 1.54) is 6.92 Å². The van der Waals surface area contributed by atoms with Crippen LogP contribution in [0.1, 0.15) is 61.3 Å². The first kappa shape index (κ1) is 14.6. The first-order chi connectivity index (χ1) is 7.65. The monoisotopic (exact) mass is 220 g/mol. The molecule has 16 heavy (non-hydrogen) atoms. The lowest BCUT2D eigenvalue weighted by Gasteiger charge is -2.00. The smallest absolute Gasteiger partial charge is 0.162 e. The molecule has 2 nitrogen and oxygen atoms in total. The fourth-order valence-electron chi connectivity index (χ4n) is 1.28. The predicted molar refractivity (Wildman–Crippen MR) is 67.0 cm³/mol. The summed E-state index contributed by atoms with van der Waals surface area (Å²) in [7, 11) is 0. The number of hydrogen-bond acceptors (Lipinski definition) is 2. The van der Waals surface area contributed by atoms with Gasteiger partial charge in [-0.2, -0.15) is 0 Å². The van der Waals surface area contributed by atoms with E-state index in [9.17, 15) is 9.59 Å². The summed E-state index contributed by atoms with van der Waals surface area (Å²) < 4.78 is 0. The van der Waals surface area contributed by atoms with Crippen LogP contribution >= 0.6 is 0 Å². The van der Waals surface area contributed by atoms with Gasteiger partial charge in [-0.25, -0.2) is 0 Å². The molecule has 0 unspecified atom stereocenters. The summed E-state index contributed by atoms with van der Waals surface area (Å²) in [5.74, 6) is 0.103. The van der Waals surface area contributed by atoms with Gasteiger partial charge in [0.05, 0.1) is 0 Å². The quantitative estimate of drug-likeness (QED) is 0.721. The molecule has 0 fully saturated rings. The van der Waals surface area contributed by atoms with Crippen LogP contribution in [-0.2, 0) is 0 Å². The van der Waals surface area contributed by atoms with E-state index in [0.717, 1.165) is 6.42 Å². The number of hydrogen-bond donors (Lipinski definition) is 0. The van der Waals surface area contributed by atoms with E-state index in [4.69, 9.17) is 0 Å². The lowest BCUT2D eigenvalue weighted by Crippen LogP contribution is -2.00. The molecule has 88 valence electrons. The van der Waals surface area contributed by atoms with Crippen LogP contribution in [0.3, 0.4) is 0 Å². The molecule has 0 spiro atoms. The molecule has 0 aliphatic carbocycles. The number of ketones is 2. The summed E-state index contributed by atoms with van der Waals surface area (Å²) >= 11 is 0. The van der Waals surface area contributed by atoms with Crippen LogP contribution in [0.25, 0.3) is 0 Å². The Hall–Kier alpha value is -1.44. The molecular weight excluding hydrogens is 200 g/mol. The first-order valence-electron chi connectivity index (χ1n) is 5.79. The molecule has 1 aromatic rings. The Balaban J connectivity index is 0.00000106. The van der Waals surface area contributed by atoms with Gasteiger partial charge in [0.1, 0.15) is 0 Å². The van der Waals surface area contributed by atoms with Crippen molar-refractivity contribution in [1.82, 2.24) is 0 Å². The second-order valence-electron chi connectivity index (χ2n) is 3.31. The molecule has 2 heteroatoms. The van der Waals surface area contributed by atoms with Crippen molar-refractivity contribution in [3.63, 3.8) is 0 Å². The number of Topliss-reactive ketones (excluding diaryl/α,β-unsaturated/α-hetero) is 2. The predicted octanol–water partition coefficient (Wildman–Crippen LogP) is 3.90. The maximum absolute atomic E-state index is 11.5. The van der Waals surface area contributed by atoms with E-state index in [0.29, 0.717) is 17.5 Å². The summed E-state index contributed by atoms with van der Waals surface area (Å²) in [6.45, 7) is 7.47. The summed E-state index contributed by atoms with van der Waals surface area (Å²) in [6, 6.07) is 6.90. The minimum atomic E-state index is -0.00357. The van der Waals surface area contributed by atoms with Crippen molar-refractivity contribution in [3.05, 3.63) is 35.4 Å². The van der Waals surface area contributed by atoms with Crippen LogP contribution in [0.4, 0.5) is 0 Å². The zero-order valence-corrected chi connectivity index (χ0v) is 10.5. The molecule has 0 N–H and O–H groups in total. The van der Waals surface area contributed by atoms with Crippen molar-refractivity contribution in [2.75, 3.05) is 0 Å². The Morgan fingerprint density at radius 2 is 1.69 bits per heavy atom. The van der Waals surface area contributed by atoms with Crippen LogP contribution in [0.15, 0.2) is 24.3 Å². The summed E-state index contributed by atoms with van der Waals surface area (Å²) in [6.07, 6.45) is 1.38. The summed E-state index contributed by atoms with van der Waals surface area (Å²) in [4.78, 5) is 22.6. The van der Waals surface area contributed by atoms with Crippen molar-refractivity contribution >= 4 is 11.6 Å². The molecule has 0 amide bonds. The third-order valence-corrected chi connectivity index (χ3v) is 2.07. The highest BCUT2D eigenvalue weighted by atomic mass is 16.1. The molecule has 0 aliphatic rings. The third kappa shape index (κ3) is 4.39. The maximum atomic E-state index is 11.5. The first-order valence-corrected chi connectivity index (χ1v) is 5.79. The molecule has 0 bridgehead atoms. The highest BCUT2D eigenvalue weighted by Gasteiger charge is 2.06. The van der Waals surface area contributed by atoms with E-state index in [-0.39, 0.29) is 11.6 Å². The van der Waals surface area contributed by atoms with Crippen molar-refractivity contribution < 1.29 is 9.59 Å². The van der Waals surface area contributed by atoms with Gasteiger partial charge in [-0.3, -0.25) is 9.59 Å². The van der Waals surface area contributed by atoms with E-state index in [2.05, 4.69) is 0 Å². The van der Waals surface area contributed by atoms with Gasteiger partial charge in [-0.05, 0) is 19.4 Å². The average Bonchev–Trinajstić information content (AvgIpc) is 2.32. The van der Waals surface area contributed by atoms with Gasteiger partial charge in [-0.1, -0.05) is 39.0 Å². The van der Waals surface area contributed by atoms with Gasteiger partial charge in [-0.15, -0.1) is 0 Å². The molecule has 0 aliphatic heterocycles.